The molecule has 0 N–H and O–H groups in total. The topological polar surface area (TPSA) is 0 Å². The monoisotopic (exact) mass is 508 g/mol. The van der Waals surface area contributed by atoms with Gasteiger partial charge in [-0.3, -0.25) is 0 Å². The summed E-state index contributed by atoms with van der Waals surface area (Å²) in [5.41, 5.74) is 7.23. The average Bonchev–Trinajstić information content (AvgIpc) is 3.48. The summed E-state index contributed by atoms with van der Waals surface area (Å²) in [5, 5.41) is 5.86. The molecule has 1 aliphatic carbocycles. The summed E-state index contributed by atoms with van der Waals surface area (Å²) >= 11 is 8.90. The van der Waals surface area contributed by atoms with Crippen LogP contribution in [0, 0.1) is 0 Å². The van der Waals surface area contributed by atoms with Crippen LogP contribution in [0.2, 0.25) is 5.02 Å². The molecule has 1 aromatic heterocycles. The second kappa shape index (κ2) is 7.79. The van der Waals surface area contributed by atoms with E-state index in [4.69, 9.17) is 11.6 Å². The van der Waals surface area contributed by atoms with Gasteiger partial charge in [0.2, 0.25) is 0 Å². The van der Waals surface area contributed by atoms with Crippen molar-refractivity contribution in [2.45, 2.75) is 5.41 Å². The third-order valence-corrected chi connectivity index (χ3v) is 9.64. The van der Waals surface area contributed by atoms with Crippen LogP contribution < -0.4 is 0 Å². The maximum Gasteiger partial charge on any atom is 0.0714 e. The van der Waals surface area contributed by atoms with Crippen LogP contribution in [0.1, 0.15) is 22.3 Å². The quantitative estimate of drug-likeness (QED) is 0.218. The Morgan fingerprint density at radius 3 is 2.16 bits per heavy atom. The van der Waals surface area contributed by atoms with Gasteiger partial charge in [0.25, 0.3) is 0 Å². The Morgan fingerprint density at radius 2 is 1.27 bits per heavy atom. The molecule has 1 heterocycles. The molecule has 6 aromatic carbocycles. The van der Waals surface area contributed by atoms with E-state index < -0.39 is 5.41 Å². The van der Waals surface area contributed by atoms with Crippen LogP contribution >= 0.6 is 22.9 Å². The van der Waals surface area contributed by atoms with E-state index in [0.717, 1.165) is 9.72 Å². The van der Waals surface area contributed by atoms with Crippen molar-refractivity contribution in [2.75, 3.05) is 0 Å². The lowest BCUT2D eigenvalue weighted by atomic mass is 9.67. The Bertz CT molecular complexity index is 2000. The number of hydrogen-bond acceptors (Lipinski definition) is 1. The number of fused-ring (bicyclic) bond motifs is 8. The molecule has 174 valence electrons. The molecule has 0 nitrogen and oxygen atoms in total. The normalized spacial score (nSPS) is 16.4. The van der Waals surface area contributed by atoms with Gasteiger partial charge in [0.15, 0.2) is 0 Å². The van der Waals surface area contributed by atoms with Gasteiger partial charge in [-0.25, -0.2) is 0 Å². The summed E-state index contributed by atoms with van der Waals surface area (Å²) in [6.07, 6.45) is 0. The largest absolute Gasteiger partial charge is 0.134 e. The third-order valence-electron chi connectivity index (χ3n) is 8.01. The first-order valence-corrected chi connectivity index (χ1v) is 13.7. The molecule has 0 spiro atoms. The van der Waals surface area contributed by atoms with Crippen molar-refractivity contribution < 1.29 is 0 Å². The van der Waals surface area contributed by atoms with Crippen LogP contribution in [0.4, 0.5) is 0 Å². The molecule has 1 aliphatic rings. The second-order valence-corrected chi connectivity index (χ2v) is 11.3. The highest BCUT2D eigenvalue weighted by Crippen LogP contribution is 2.58. The van der Waals surface area contributed by atoms with Crippen molar-refractivity contribution >= 4 is 53.9 Å². The van der Waals surface area contributed by atoms with Crippen molar-refractivity contribution in [3.05, 3.63) is 155 Å². The van der Waals surface area contributed by atoms with E-state index in [-0.39, 0.29) is 0 Å². The maximum absolute atomic E-state index is 7.12. The summed E-state index contributed by atoms with van der Waals surface area (Å²) in [7, 11) is 0. The van der Waals surface area contributed by atoms with Crippen molar-refractivity contribution in [3.63, 3.8) is 0 Å². The smallest absolute Gasteiger partial charge is 0.0714 e. The highest BCUT2D eigenvalue weighted by molar-refractivity contribution is 7.26. The summed E-state index contributed by atoms with van der Waals surface area (Å²) in [4.78, 5) is 0. The highest BCUT2D eigenvalue weighted by Gasteiger charge is 2.46. The zero-order chi connectivity index (χ0) is 24.6. The summed E-state index contributed by atoms with van der Waals surface area (Å²) in [6.45, 7) is 0. The Hall–Kier alpha value is -3.91. The maximum atomic E-state index is 7.12. The van der Waals surface area contributed by atoms with Gasteiger partial charge < -0.3 is 0 Å². The average molecular weight is 509 g/mol. The first-order valence-electron chi connectivity index (χ1n) is 12.6. The molecule has 0 fully saturated rings. The van der Waals surface area contributed by atoms with E-state index in [1.807, 2.05) is 0 Å². The SMILES string of the molecule is Clc1cc(C2(c3ccccc3)c3ccccc3-c3c2ccc2ccccc32)cc2c1sc1ccccc12. The predicted molar refractivity (Wildman–Crippen MR) is 159 cm³/mol. The van der Waals surface area contributed by atoms with E-state index in [1.165, 1.54) is 59.6 Å². The molecule has 1 unspecified atom stereocenters. The highest BCUT2D eigenvalue weighted by atomic mass is 35.5. The second-order valence-electron chi connectivity index (χ2n) is 9.80. The number of halogens is 1. The molecule has 2 heteroatoms. The van der Waals surface area contributed by atoms with E-state index in [2.05, 4.69) is 127 Å². The molecule has 0 bridgehead atoms. The van der Waals surface area contributed by atoms with Gasteiger partial charge in [-0.1, -0.05) is 121 Å². The lowest BCUT2D eigenvalue weighted by Gasteiger charge is -2.34. The molecule has 0 amide bonds. The van der Waals surface area contributed by atoms with E-state index in [1.54, 1.807) is 11.3 Å². The van der Waals surface area contributed by atoms with Gasteiger partial charge >= 0.3 is 0 Å². The Kier molecular flexibility index (Phi) is 4.47. The molecule has 0 aliphatic heterocycles. The van der Waals surface area contributed by atoms with Gasteiger partial charge in [-0.15, -0.1) is 11.3 Å². The number of hydrogen-bond donors (Lipinski definition) is 0. The molecule has 0 radical (unpaired) electrons. The lowest BCUT2D eigenvalue weighted by Crippen LogP contribution is -2.28. The lowest BCUT2D eigenvalue weighted by molar-refractivity contribution is 0.771. The van der Waals surface area contributed by atoms with E-state index >= 15 is 0 Å². The Balaban J connectivity index is 1.59. The number of thiophene rings is 1. The molecule has 0 saturated carbocycles. The molecule has 0 saturated heterocycles. The first-order chi connectivity index (χ1) is 18.3. The van der Waals surface area contributed by atoms with E-state index in [9.17, 15) is 0 Å². The third kappa shape index (κ3) is 2.79. The molecular weight excluding hydrogens is 488 g/mol. The van der Waals surface area contributed by atoms with Crippen molar-refractivity contribution in [2.24, 2.45) is 0 Å². The van der Waals surface area contributed by atoms with Gasteiger partial charge in [0.1, 0.15) is 0 Å². The van der Waals surface area contributed by atoms with Crippen molar-refractivity contribution in [3.8, 4) is 11.1 Å². The van der Waals surface area contributed by atoms with Crippen LogP contribution in [0.3, 0.4) is 0 Å². The molecule has 7 aromatic rings. The van der Waals surface area contributed by atoms with Gasteiger partial charge in [0, 0.05) is 15.5 Å². The summed E-state index contributed by atoms with van der Waals surface area (Å²) in [5.74, 6) is 0. The fourth-order valence-corrected chi connectivity index (χ4v) is 7.95. The van der Waals surface area contributed by atoms with Gasteiger partial charge in [-0.2, -0.15) is 0 Å². The zero-order valence-corrected chi connectivity index (χ0v) is 21.5. The Labute approximate surface area is 224 Å². The Morgan fingerprint density at radius 1 is 0.541 bits per heavy atom. The first kappa shape index (κ1) is 21.2. The fraction of sp³-hybridized carbons (Fsp3) is 0.0286. The zero-order valence-electron chi connectivity index (χ0n) is 19.9. The van der Waals surface area contributed by atoms with Crippen molar-refractivity contribution in [1.82, 2.24) is 0 Å². The van der Waals surface area contributed by atoms with Crippen LogP contribution in [-0.2, 0) is 5.41 Å². The fourth-order valence-electron chi connectivity index (χ4n) is 6.53. The van der Waals surface area contributed by atoms with Crippen LogP contribution in [0.15, 0.2) is 127 Å². The number of benzene rings is 6. The van der Waals surface area contributed by atoms with Gasteiger partial charge in [0.05, 0.1) is 15.1 Å². The molecular formula is C35H21ClS. The van der Waals surface area contributed by atoms with Crippen LogP contribution in [-0.4, -0.2) is 0 Å². The standard InChI is InChI=1S/C35H21ClS/c36-31-21-24(20-28-26-14-7-9-17-32(26)37-34(28)31)35(23-11-2-1-3-12-23)29-16-8-6-15-27(29)33-25-13-5-4-10-22(25)18-19-30(33)35/h1-21H. The molecule has 8 rings (SSSR count). The predicted octanol–water partition coefficient (Wildman–Crippen LogP) is 10.2. The van der Waals surface area contributed by atoms with Crippen molar-refractivity contribution in [1.29, 1.82) is 0 Å². The minimum atomic E-state index is -0.474. The van der Waals surface area contributed by atoms with Gasteiger partial charge in [-0.05, 0) is 62.4 Å². The molecule has 1 atom stereocenters. The van der Waals surface area contributed by atoms with Crippen LogP contribution in [0.25, 0.3) is 42.1 Å². The minimum absolute atomic E-state index is 0.474. The minimum Gasteiger partial charge on any atom is -0.134 e. The van der Waals surface area contributed by atoms with E-state index in [0.29, 0.717) is 0 Å². The van der Waals surface area contributed by atoms with Crippen LogP contribution in [0.5, 0.6) is 0 Å². The number of rotatable bonds is 2. The molecule has 37 heavy (non-hydrogen) atoms. The summed E-state index contributed by atoms with van der Waals surface area (Å²) < 4.78 is 2.42. The summed E-state index contributed by atoms with van der Waals surface area (Å²) in [6, 6.07) is 46.5.